The summed E-state index contributed by atoms with van der Waals surface area (Å²) in [7, 11) is 0. The zero-order valence-corrected chi connectivity index (χ0v) is 18.8. The summed E-state index contributed by atoms with van der Waals surface area (Å²) in [6.45, 7) is 2.31. The predicted molar refractivity (Wildman–Crippen MR) is 127 cm³/mol. The van der Waals surface area contributed by atoms with Crippen LogP contribution in [0, 0.1) is 0 Å². The molecule has 0 radical (unpaired) electrons. The quantitative estimate of drug-likeness (QED) is 0.470. The molecule has 2 N–H and O–H groups in total. The van der Waals surface area contributed by atoms with Gasteiger partial charge in [-0.2, -0.15) is 0 Å². The molecule has 7 heteroatoms. The van der Waals surface area contributed by atoms with Crippen LogP contribution in [0.5, 0.6) is 5.75 Å². The summed E-state index contributed by atoms with van der Waals surface area (Å²) in [5.74, 6) is -0.0103. The number of nitrogens with one attached hydrogen (secondary N) is 2. The number of benzene rings is 3. The molecule has 1 atom stereocenters. The minimum absolute atomic E-state index is 0.206. The van der Waals surface area contributed by atoms with E-state index in [9.17, 15) is 9.59 Å². The maximum Gasteiger partial charge on any atom is 0.338 e. The summed E-state index contributed by atoms with van der Waals surface area (Å²) in [6.07, 6.45) is 0. The predicted octanol–water partition coefficient (Wildman–Crippen LogP) is 5.25. The molecule has 3 aromatic carbocycles. The lowest BCUT2D eigenvalue weighted by Crippen LogP contribution is -2.45. The van der Waals surface area contributed by atoms with Crippen molar-refractivity contribution in [1.82, 2.24) is 10.6 Å². The lowest BCUT2D eigenvalue weighted by Gasteiger charge is -2.29. The molecule has 1 unspecified atom stereocenters. The van der Waals surface area contributed by atoms with E-state index >= 15 is 0 Å². The number of hydrogen-bond donors (Lipinski definition) is 2. The molecule has 0 saturated carbocycles. The van der Waals surface area contributed by atoms with Crippen LogP contribution in [0.15, 0.2) is 84.4 Å². The zero-order valence-electron chi connectivity index (χ0n) is 18.0. The lowest BCUT2D eigenvalue weighted by molar-refractivity contribution is -0.138. The van der Waals surface area contributed by atoms with E-state index in [0.29, 0.717) is 39.8 Å². The molecule has 0 bridgehead atoms. The molecule has 1 aliphatic rings. The van der Waals surface area contributed by atoms with Crippen molar-refractivity contribution < 1.29 is 19.1 Å². The number of ether oxygens (including phenoxy) is 2. The first kappa shape index (κ1) is 22.4. The largest absolute Gasteiger partial charge is 0.487 e. The first-order valence-electron chi connectivity index (χ1n) is 10.6. The van der Waals surface area contributed by atoms with Gasteiger partial charge >= 0.3 is 12.0 Å². The van der Waals surface area contributed by atoms with E-state index < -0.39 is 18.0 Å². The van der Waals surface area contributed by atoms with Crippen LogP contribution in [0.25, 0.3) is 5.70 Å². The van der Waals surface area contributed by atoms with Crippen LogP contribution in [0.3, 0.4) is 0 Å². The number of urea groups is 1. The second-order valence-electron chi connectivity index (χ2n) is 7.37. The van der Waals surface area contributed by atoms with Gasteiger partial charge in [0.05, 0.1) is 28.9 Å². The molecular weight excluding hydrogens is 440 g/mol. The fourth-order valence-electron chi connectivity index (χ4n) is 3.62. The van der Waals surface area contributed by atoms with E-state index in [0.717, 1.165) is 5.56 Å². The maximum atomic E-state index is 13.0. The van der Waals surface area contributed by atoms with Crippen LogP contribution in [-0.4, -0.2) is 18.6 Å². The van der Waals surface area contributed by atoms with Gasteiger partial charge in [-0.3, -0.25) is 0 Å². The third kappa shape index (κ3) is 5.18. The van der Waals surface area contributed by atoms with Gasteiger partial charge in [-0.15, -0.1) is 0 Å². The van der Waals surface area contributed by atoms with Gasteiger partial charge < -0.3 is 20.1 Å². The highest BCUT2D eigenvalue weighted by Crippen LogP contribution is 2.35. The van der Waals surface area contributed by atoms with E-state index in [2.05, 4.69) is 10.6 Å². The van der Waals surface area contributed by atoms with Gasteiger partial charge in [-0.05, 0) is 35.7 Å². The van der Waals surface area contributed by atoms with Crippen molar-refractivity contribution in [1.29, 1.82) is 0 Å². The molecule has 0 saturated heterocycles. The third-order valence-corrected chi connectivity index (χ3v) is 5.45. The van der Waals surface area contributed by atoms with Gasteiger partial charge in [0.15, 0.2) is 0 Å². The Kier molecular flexibility index (Phi) is 6.95. The Bertz CT molecular complexity index is 1180. The normalized spacial score (nSPS) is 15.5. The zero-order chi connectivity index (χ0) is 23.2. The van der Waals surface area contributed by atoms with Crippen molar-refractivity contribution in [3.8, 4) is 5.75 Å². The molecule has 1 aliphatic heterocycles. The minimum atomic E-state index is -0.742. The van der Waals surface area contributed by atoms with Crippen LogP contribution in [0.1, 0.15) is 29.7 Å². The first-order chi connectivity index (χ1) is 16.1. The molecule has 0 fully saturated rings. The molecule has 2 amide bonds. The summed E-state index contributed by atoms with van der Waals surface area (Å²) in [5, 5.41) is 5.95. The van der Waals surface area contributed by atoms with E-state index in [1.807, 2.05) is 60.7 Å². The van der Waals surface area contributed by atoms with Gasteiger partial charge in [0.2, 0.25) is 0 Å². The Hall–Kier alpha value is -3.77. The third-order valence-electron chi connectivity index (χ3n) is 5.16. The van der Waals surface area contributed by atoms with Crippen LogP contribution in [0.4, 0.5) is 4.79 Å². The highest BCUT2D eigenvalue weighted by atomic mass is 35.5. The Morgan fingerprint density at radius 2 is 1.70 bits per heavy atom. The fourth-order valence-corrected chi connectivity index (χ4v) is 3.87. The topological polar surface area (TPSA) is 76.7 Å². The highest BCUT2D eigenvalue weighted by Gasteiger charge is 2.34. The SMILES string of the molecule is CCOC(=O)C1=C(c2ccccc2)NC(=O)NC1c1ccc(OCc2ccccc2)c(Cl)c1. The molecule has 0 aliphatic carbocycles. The Morgan fingerprint density at radius 1 is 1.00 bits per heavy atom. The number of halogens is 1. The Labute approximate surface area is 197 Å². The maximum absolute atomic E-state index is 13.0. The van der Waals surface area contributed by atoms with Crippen LogP contribution in [-0.2, 0) is 16.1 Å². The highest BCUT2D eigenvalue weighted by molar-refractivity contribution is 6.32. The fraction of sp³-hybridized carbons (Fsp3) is 0.154. The van der Waals surface area contributed by atoms with Gasteiger partial charge in [0, 0.05) is 0 Å². The average Bonchev–Trinajstić information content (AvgIpc) is 2.84. The number of carbonyl (C=O) groups excluding carboxylic acids is 2. The van der Waals surface area contributed by atoms with E-state index in [4.69, 9.17) is 21.1 Å². The second-order valence-corrected chi connectivity index (χ2v) is 7.78. The standard InChI is InChI=1S/C26H23ClN2O4/c1-2-32-25(30)22-23(18-11-7-4-8-12-18)28-26(31)29-24(22)19-13-14-21(20(27)15-19)33-16-17-9-5-3-6-10-17/h3-15,24H,2,16H2,1H3,(H2,28,29,31). The van der Waals surface area contributed by atoms with Crippen molar-refractivity contribution in [2.24, 2.45) is 0 Å². The number of hydrogen-bond acceptors (Lipinski definition) is 4. The van der Waals surface area contributed by atoms with Crippen molar-refractivity contribution in [2.75, 3.05) is 6.61 Å². The summed E-state index contributed by atoms with van der Waals surface area (Å²) < 4.78 is 11.2. The lowest BCUT2D eigenvalue weighted by atomic mass is 9.92. The average molecular weight is 463 g/mol. The second kappa shape index (κ2) is 10.2. The Balaban J connectivity index is 1.68. The summed E-state index contributed by atoms with van der Waals surface area (Å²) in [6, 6.07) is 23.0. The molecule has 0 aromatic heterocycles. The van der Waals surface area contributed by atoms with Gasteiger partial charge in [0.25, 0.3) is 0 Å². The van der Waals surface area contributed by atoms with Crippen LogP contribution >= 0.6 is 11.6 Å². The summed E-state index contributed by atoms with van der Waals surface area (Å²) in [5.41, 5.74) is 3.07. The van der Waals surface area contributed by atoms with Gasteiger partial charge in [-0.1, -0.05) is 78.3 Å². The number of amides is 2. The van der Waals surface area contributed by atoms with Crippen molar-refractivity contribution in [3.63, 3.8) is 0 Å². The van der Waals surface area contributed by atoms with E-state index in [1.54, 1.807) is 25.1 Å². The molecule has 33 heavy (non-hydrogen) atoms. The molecule has 168 valence electrons. The van der Waals surface area contributed by atoms with Crippen LogP contribution in [0.2, 0.25) is 5.02 Å². The number of rotatable bonds is 7. The first-order valence-corrected chi connectivity index (χ1v) is 10.9. The van der Waals surface area contributed by atoms with Crippen molar-refractivity contribution in [2.45, 2.75) is 19.6 Å². The van der Waals surface area contributed by atoms with Gasteiger partial charge in [-0.25, -0.2) is 9.59 Å². The number of carbonyl (C=O) groups is 2. The molecule has 3 aromatic rings. The smallest absolute Gasteiger partial charge is 0.338 e. The molecular formula is C26H23ClN2O4. The van der Waals surface area contributed by atoms with E-state index in [-0.39, 0.29) is 6.61 Å². The molecule has 4 rings (SSSR count). The Morgan fingerprint density at radius 3 is 2.36 bits per heavy atom. The number of esters is 1. The van der Waals surface area contributed by atoms with Gasteiger partial charge in [0.1, 0.15) is 12.4 Å². The van der Waals surface area contributed by atoms with E-state index in [1.165, 1.54) is 0 Å². The molecule has 1 heterocycles. The molecule has 0 spiro atoms. The summed E-state index contributed by atoms with van der Waals surface area (Å²) >= 11 is 6.51. The van der Waals surface area contributed by atoms with Crippen molar-refractivity contribution >= 4 is 29.3 Å². The molecule has 6 nitrogen and oxygen atoms in total. The monoisotopic (exact) mass is 462 g/mol. The summed E-state index contributed by atoms with van der Waals surface area (Å²) in [4.78, 5) is 25.5. The van der Waals surface area contributed by atoms with Crippen molar-refractivity contribution in [3.05, 3.63) is 106 Å². The minimum Gasteiger partial charge on any atom is -0.487 e. The van der Waals surface area contributed by atoms with Crippen LogP contribution < -0.4 is 15.4 Å².